The summed E-state index contributed by atoms with van der Waals surface area (Å²) in [5.41, 5.74) is 25.9. The van der Waals surface area contributed by atoms with Crippen molar-refractivity contribution in [3.63, 3.8) is 0 Å². The summed E-state index contributed by atoms with van der Waals surface area (Å²) in [4.78, 5) is 74.1. The molecule has 34 heavy (non-hydrogen) atoms. The Hall–Kier alpha value is -3.99. The van der Waals surface area contributed by atoms with E-state index in [9.17, 15) is 33.9 Å². The molecular weight excluding hydrogens is 458 g/mol. The Kier molecular flexibility index (Phi) is 13.2. The van der Waals surface area contributed by atoms with Crippen LogP contribution in [-0.2, 0) is 28.8 Å². The summed E-state index contributed by atoms with van der Waals surface area (Å²) in [6, 6.07) is -5.99. The summed E-state index contributed by atoms with van der Waals surface area (Å²) in [6.45, 7) is -0.858. The highest BCUT2D eigenvalue weighted by atomic mass is 16.4. The average molecular weight is 489 g/mol. The molecule has 192 valence electrons. The molecule has 0 rings (SSSR count). The summed E-state index contributed by atoms with van der Waals surface area (Å²) in [5, 5.41) is 25.0. The quantitative estimate of drug-likeness (QED) is 0.0551. The third kappa shape index (κ3) is 12.2. The summed E-state index contributed by atoms with van der Waals surface area (Å²) >= 11 is 0. The SMILES string of the molecule is NC(=O)CC(N)C(=O)NC(CCCN=C(N)N)C(=O)NC(CO)C(=O)NC(CC(N)=O)C(=O)O. The first-order valence-electron chi connectivity index (χ1n) is 9.90. The van der Waals surface area contributed by atoms with E-state index in [0.717, 1.165) is 0 Å². The van der Waals surface area contributed by atoms with E-state index in [0.29, 0.717) is 0 Å². The van der Waals surface area contributed by atoms with Gasteiger partial charge in [0.1, 0.15) is 18.1 Å². The maximum atomic E-state index is 12.7. The number of carboxylic acid groups (broad SMARTS) is 1. The first kappa shape index (κ1) is 30.0. The van der Waals surface area contributed by atoms with Crippen molar-refractivity contribution in [1.82, 2.24) is 16.0 Å². The van der Waals surface area contributed by atoms with Crippen LogP contribution in [0.25, 0.3) is 0 Å². The number of nitrogens with zero attached hydrogens (tertiary/aromatic N) is 1. The summed E-state index contributed by atoms with van der Waals surface area (Å²) in [5.74, 6) is -6.58. The first-order valence-corrected chi connectivity index (χ1v) is 9.90. The number of rotatable bonds is 16. The molecule has 0 saturated carbocycles. The number of primary amides is 2. The van der Waals surface area contributed by atoms with Crippen LogP contribution in [-0.4, -0.2) is 89.0 Å². The molecule has 0 saturated heterocycles. The number of hydrogen-bond acceptors (Lipinski definition) is 9. The topological polar surface area (TPSA) is 321 Å². The Morgan fingerprint density at radius 3 is 1.74 bits per heavy atom. The second kappa shape index (κ2) is 15.0. The van der Waals surface area contributed by atoms with Crippen LogP contribution in [0, 0.1) is 0 Å². The van der Waals surface area contributed by atoms with Gasteiger partial charge in [0.05, 0.1) is 25.5 Å². The number of amides is 5. The third-order valence-corrected chi connectivity index (χ3v) is 4.17. The molecule has 0 aromatic heterocycles. The minimum Gasteiger partial charge on any atom is -0.480 e. The maximum Gasteiger partial charge on any atom is 0.326 e. The van der Waals surface area contributed by atoms with Crippen molar-refractivity contribution in [2.45, 2.75) is 49.9 Å². The van der Waals surface area contributed by atoms with E-state index in [4.69, 9.17) is 33.8 Å². The normalized spacial score (nSPS) is 13.9. The number of nitrogens with one attached hydrogen (secondary N) is 3. The summed E-state index contributed by atoms with van der Waals surface area (Å²) < 4.78 is 0. The Morgan fingerprint density at radius 1 is 0.765 bits per heavy atom. The van der Waals surface area contributed by atoms with Crippen LogP contribution in [0.3, 0.4) is 0 Å². The van der Waals surface area contributed by atoms with Crippen LogP contribution >= 0.6 is 0 Å². The highest BCUT2D eigenvalue weighted by Gasteiger charge is 2.30. The lowest BCUT2D eigenvalue weighted by molar-refractivity contribution is -0.144. The van der Waals surface area contributed by atoms with E-state index in [1.54, 1.807) is 0 Å². The van der Waals surface area contributed by atoms with Gasteiger partial charge in [0, 0.05) is 6.54 Å². The molecule has 0 bridgehead atoms. The molecule has 15 N–H and O–H groups in total. The van der Waals surface area contributed by atoms with Crippen molar-refractivity contribution in [3.8, 4) is 0 Å². The molecule has 0 heterocycles. The van der Waals surface area contributed by atoms with Crippen molar-refractivity contribution in [1.29, 1.82) is 0 Å². The molecule has 0 radical (unpaired) electrons. The Balaban J connectivity index is 5.39. The molecule has 4 unspecified atom stereocenters. The van der Waals surface area contributed by atoms with Gasteiger partial charge in [-0.15, -0.1) is 0 Å². The molecule has 0 aliphatic rings. The van der Waals surface area contributed by atoms with Gasteiger partial charge in [-0.2, -0.15) is 0 Å². The molecule has 0 aliphatic heterocycles. The van der Waals surface area contributed by atoms with E-state index in [2.05, 4.69) is 15.6 Å². The maximum absolute atomic E-state index is 12.7. The van der Waals surface area contributed by atoms with Gasteiger partial charge in [0.25, 0.3) is 0 Å². The molecular formula is C17H31N9O8. The number of aliphatic imine (C=N–C) groups is 1. The Labute approximate surface area is 193 Å². The number of nitrogens with two attached hydrogens (primary N) is 5. The first-order chi connectivity index (χ1) is 15.8. The Bertz CT molecular complexity index is 800. The Morgan fingerprint density at radius 2 is 1.26 bits per heavy atom. The van der Waals surface area contributed by atoms with Gasteiger partial charge in [-0.25, -0.2) is 4.79 Å². The second-order valence-electron chi connectivity index (χ2n) is 7.10. The zero-order chi connectivity index (χ0) is 26.4. The van der Waals surface area contributed by atoms with Crippen LogP contribution in [0.15, 0.2) is 4.99 Å². The molecule has 17 nitrogen and oxygen atoms in total. The van der Waals surface area contributed by atoms with Crippen molar-refractivity contribution >= 4 is 41.5 Å². The largest absolute Gasteiger partial charge is 0.480 e. The van der Waals surface area contributed by atoms with E-state index in [1.165, 1.54) is 0 Å². The number of hydrogen-bond donors (Lipinski definition) is 10. The third-order valence-electron chi connectivity index (χ3n) is 4.17. The molecule has 17 heteroatoms. The second-order valence-corrected chi connectivity index (χ2v) is 7.10. The smallest absolute Gasteiger partial charge is 0.326 e. The molecule has 0 aliphatic carbocycles. The van der Waals surface area contributed by atoms with Gasteiger partial charge in [0.15, 0.2) is 5.96 Å². The molecule has 4 atom stereocenters. The summed E-state index contributed by atoms with van der Waals surface area (Å²) in [6.07, 6.45) is -1.07. The van der Waals surface area contributed by atoms with Gasteiger partial charge >= 0.3 is 5.97 Å². The average Bonchev–Trinajstić information content (AvgIpc) is 2.71. The van der Waals surface area contributed by atoms with Crippen LogP contribution in [0.4, 0.5) is 0 Å². The van der Waals surface area contributed by atoms with Crippen LogP contribution in [0.1, 0.15) is 25.7 Å². The molecule has 0 aromatic carbocycles. The van der Waals surface area contributed by atoms with Gasteiger partial charge in [-0.1, -0.05) is 0 Å². The number of carbonyl (C=O) groups excluding carboxylic acids is 5. The number of guanidine groups is 1. The highest BCUT2D eigenvalue weighted by Crippen LogP contribution is 2.02. The monoisotopic (exact) mass is 489 g/mol. The fourth-order valence-corrected chi connectivity index (χ4v) is 2.50. The van der Waals surface area contributed by atoms with Crippen LogP contribution in [0.2, 0.25) is 0 Å². The number of carboxylic acids is 1. The fraction of sp³-hybridized carbons (Fsp3) is 0.588. The molecule has 0 fully saturated rings. The predicted molar refractivity (Wildman–Crippen MR) is 116 cm³/mol. The van der Waals surface area contributed by atoms with E-state index in [1.807, 2.05) is 5.32 Å². The van der Waals surface area contributed by atoms with Gasteiger partial charge in [-0.05, 0) is 12.8 Å². The van der Waals surface area contributed by atoms with E-state index in [-0.39, 0.29) is 25.3 Å². The van der Waals surface area contributed by atoms with Crippen molar-refractivity contribution in [2.75, 3.05) is 13.2 Å². The fourth-order valence-electron chi connectivity index (χ4n) is 2.50. The minimum absolute atomic E-state index is 0.0448. The van der Waals surface area contributed by atoms with Crippen molar-refractivity contribution in [2.24, 2.45) is 33.7 Å². The molecule has 5 amide bonds. The lowest BCUT2D eigenvalue weighted by Gasteiger charge is -2.24. The standard InChI is InChI=1S/C17H31N9O8/c18-7(4-11(19)28)13(30)24-8(2-1-3-23-17(21)22)14(31)26-10(6-27)15(32)25-9(16(33)34)5-12(20)29/h7-10,27H,1-6,18H2,(H2,19,28)(H2,20,29)(H,24,30)(H,25,32)(H,26,31)(H,33,34)(H4,21,22,23). The van der Waals surface area contributed by atoms with E-state index >= 15 is 0 Å². The number of aliphatic carboxylic acids is 1. The highest BCUT2D eigenvalue weighted by molar-refractivity contribution is 5.95. The van der Waals surface area contributed by atoms with Crippen molar-refractivity contribution in [3.05, 3.63) is 0 Å². The lowest BCUT2D eigenvalue weighted by atomic mass is 10.1. The van der Waals surface area contributed by atoms with Gasteiger partial charge < -0.3 is 54.8 Å². The summed E-state index contributed by atoms with van der Waals surface area (Å²) in [7, 11) is 0. The zero-order valence-electron chi connectivity index (χ0n) is 18.2. The van der Waals surface area contributed by atoms with Crippen LogP contribution in [0.5, 0.6) is 0 Å². The molecule has 0 spiro atoms. The van der Waals surface area contributed by atoms with Crippen molar-refractivity contribution < 1.29 is 39.0 Å². The number of aliphatic hydroxyl groups is 1. The van der Waals surface area contributed by atoms with Crippen LogP contribution < -0.4 is 44.6 Å². The van der Waals surface area contributed by atoms with E-state index < -0.39 is 79.1 Å². The number of aliphatic hydroxyl groups excluding tert-OH is 1. The number of carbonyl (C=O) groups is 6. The minimum atomic E-state index is -1.70. The zero-order valence-corrected chi connectivity index (χ0v) is 18.2. The van der Waals surface area contributed by atoms with Gasteiger partial charge in [-0.3, -0.25) is 29.0 Å². The molecule has 0 aromatic rings. The predicted octanol–water partition coefficient (Wildman–Crippen LogP) is -6.35. The lowest BCUT2D eigenvalue weighted by Crippen LogP contribution is -2.58. The van der Waals surface area contributed by atoms with Gasteiger partial charge in [0.2, 0.25) is 29.5 Å².